The molecule has 26 heavy (non-hydrogen) atoms. The summed E-state index contributed by atoms with van der Waals surface area (Å²) in [5.41, 5.74) is 0.606. The minimum absolute atomic E-state index is 0.0975. The van der Waals surface area contributed by atoms with E-state index in [4.69, 9.17) is 4.42 Å². The summed E-state index contributed by atoms with van der Waals surface area (Å²) in [6.45, 7) is 2.20. The molecule has 2 amide bonds. The molecule has 0 aliphatic heterocycles. The molecule has 0 bridgehead atoms. The van der Waals surface area contributed by atoms with Crippen LogP contribution in [0.1, 0.15) is 30.8 Å². The van der Waals surface area contributed by atoms with Crippen molar-refractivity contribution in [3.05, 3.63) is 54.0 Å². The monoisotopic (exact) mass is 370 g/mol. The van der Waals surface area contributed by atoms with Crippen molar-refractivity contribution in [1.29, 1.82) is 0 Å². The van der Waals surface area contributed by atoms with E-state index in [1.54, 1.807) is 32.3 Å². The highest BCUT2D eigenvalue weighted by atomic mass is 32.2. The van der Waals surface area contributed by atoms with Crippen LogP contribution in [-0.4, -0.2) is 30.1 Å². The Morgan fingerprint density at radius 2 is 1.96 bits per heavy atom. The largest absolute Gasteiger partial charge is 0.461 e. The van der Waals surface area contributed by atoms with E-state index in [1.807, 2.05) is 24.3 Å². The lowest BCUT2D eigenvalue weighted by Gasteiger charge is -2.12. The standard InChI is InChI=1S/C20H22N2O3S/c1-13-12-15(13)17-10-8-14(25-17)9-11-19(23)21-16-6-4-5-7-18(16)26-20(24)22(2)3/h4-11,13,15H,12H2,1-3H3,(H,21,23)/b11-9+. The van der Waals surface area contributed by atoms with Crippen LogP contribution in [0.15, 0.2) is 51.8 Å². The zero-order valence-corrected chi connectivity index (χ0v) is 15.9. The maximum absolute atomic E-state index is 12.2. The Labute approximate surface area is 157 Å². The van der Waals surface area contributed by atoms with E-state index < -0.39 is 0 Å². The number of nitrogens with one attached hydrogen (secondary N) is 1. The molecular weight excluding hydrogens is 348 g/mol. The highest BCUT2D eigenvalue weighted by Gasteiger charge is 2.36. The van der Waals surface area contributed by atoms with Gasteiger partial charge in [-0.2, -0.15) is 0 Å². The number of anilines is 1. The Morgan fingerprint density at radius 1 is 1.23 bits per heavy atom. The summed E-state index contributed by atoms with van der Waals surface area (Å²) in [5.74, 6) is 2.58. The van der Waals surface area contributed by atoms with Crippen LogP contribution in [0.5, 0.6) is 0 Å². The van der Waals surface area contributed by atoms with Crippen LogP contribution in [0.4, 0.5) is 10.5 Å². The second-order valence-corrected chi connectivity index (χ2v) is 7.63. The quantitative estimate of drug-likeness (QED) is 0.605. The molecule has 1 fully saturated rings. The minimum atomic E-state index is -0.270. The van der Waals surface area contributed by atoms with Crippen LogP contribution in [0.3, 0.4) is 0 Å². The molecule has 136 valence electrons. The van der Waals surface area contributed by atoms with Crippen molar-refractivity contribution in [3.8, 4) is 0 Å². The molecule has 2 aromatic rings. The number of carbonyl (C=O) groups is 2. The molecule has 0 spiro atoms. The number of rotatable bonds is 5. The number of hydrogen-bond donors (Lipinski definition) is 1. The van der Waals surface area contributed by atoms with Gasteiger partial charge in [0.15, 0.2) is 0 Å². The summed E-state index contributed by atoms with van der Waals surface area (Å²) in [7, 11) is 3.39. The van der Waals surface area contributed by atoms with Crippen molar-refractivity contribution in [2.45, 2.75) is 24.2 Å². The summed E-state index contributed by atoms with van der Waals surface area (Å²) in [4.78, 5) is 26.3. The predicted octanol–water partition coefficient (Wildman–Crippen LogP) is 4.83. The van der Waals surface area contributed by atoms with Crippen LogP contribution >= 0.6 is 11.8 Å². The van der Waals surface area contributed by atoms with Gasteiger partial charge >= 0.3 is 0 Å². The van der Waals surface area contributed by atoms with Gasteiger partial charge in [0, 0.05) is 31.0 Å². The third kappa shape index (κ3) is 4.58. The van der Waals surface area contributed by atoms with Crippen LogP contribution in [0.2, 0.25) is 0 Å². The summed E-state index contributed by atoms with van der Waals surface area (Å²) in [5, 5.41) is 2.72. The fraction of sp³-hybridized carbons (Fsp3) is 0.300. The van der Waals surface area contributed by atoms with Gasteiger partial charge in [-0.25, -0.2) is 0 Å². The first-order valence-electron chi connectivity index (χ1n) is 8.51. The Bertz CT molecular complexity index is 841. The second kappa shape index (κ2) is 7.83. The van der Waals surface area contributed by atoms with E-state index in [-0.39, 0.29) is 11.1 Å². The van der Waals surface area contributed by atoms with Gasteiger partial charge in [-0.3, -0.25) is 9.59 Å². The van der Waals surface area contributed by atoms with Gasteiger partial charge in [-0.15, -0.1) is 0 Å². The summed E-state index contributed by atoms with van der Waals surface area (Å²) < 4.78 is 5.76. The highest BCUT2D eigenvalue weighted by molar-refractivity contribution is 8.13. The molecule has 3 rings (SSSR count). The van der Waals surface area contributed by atoms with Crippen molar-refractivity contribution in [3.63, 3.8) is 0 Å². The van der Waals surface area contributed by atoms with E-state index in [1.165, 1.54) is 11.0 Å². The average Bonchev–Trinajstić information content (AvgIpc) is 3.15. The van der Waals surface area contributed by atoms with Crippen LogP contribution < -0.4 is 5.32 Å². The molecular formula is C20H22N2O3S. The number of benzene rings is 1. The lowest BCUT2D eigenvalue weighted by Crippen LogP contribution is -2.16. The maximum atomic E-state index is 12.2. The Hall–Kier alpha value is -2.47. The van der Waals surface area contributed by atoms with Crippen molar-refractivity contribution in [2.24, 2.45) is 5.92 Å². The molecule has 1 aliphatic rings. The van der Waals surface area contributed by atoms with Gasteiger partial charge in [0.1, 0.15) is 11.5 Å². The highest BCUT2D eigenvalue weighted by Crippen LogP contribution is 2.47. The smallest absolute Gasteiger partial charge is 0.286 e. The molecule has 5 nitrogen and oxygen atoms in total. The molecule has 1 N–H and O–H groups in total. The van der Waals surface area contributed by atoms with Crippen molar-refractivity contribution in [1.82, 2.24) is 4.90 Å². The molecule has 1 aromatic carbocycles. The molecule has 1 saturated carbocycles. The SMILES string of the molecule is CC1CC1c1ccc(/C=C/C(=O)Nc2ccccc2SC(=O)N(C)C)o1. The summed E-state index contributed by atoms with van der Waals surface area (Å²) in [6, 6.07) is 11.1. The number of hydrogen-bond acceptors (Lipinski definition) is 4. The van der Waals surface area contributed by atoms with Crippen LogP contribution in [0, 0.1) is 5.92 Å². The predicted molar refractivity (Wildman–Crippen MR) is 104 cm³/mol. The third-order valence-corrected chi connectivity index (χ3v) is 5.34. The van der Waals surface area contributed by atoms with E-state index >= 15 is 0 Å². The zero-order valence-electron chi connectivity index (χ0n) is 15.1. The van der Waals surface area contributed by atoms with Gasteiger partial charge in [-0.1, -0.05) is 19.1 Å². The van der Waals surface area contributed by atoms with Gasteiger partial charge in [0.05, 0.1) is 5.69 Å². The van der Waals surface area contributed by atoms with Gasteiger partial charge in [-0.05, 0) is 54.4 Å². The van der Waals surface area contributed by atoms with Gasteiger partial charge in [0.25, 0.3) is 5.24 Å². The Kier molecular flexibility index (Phi) is 5.52. The molecule has 1 aliphatic carbocycles. The number of amides is 2. The molecule has 2 unspecified atom stereocenters. The molecule has 0 saturated heterocycles. The number of thioether (sulfide) groups is 1. The topological polar surface area (TPSA) is 62.6 Å². The maximum Gasteiger partial charge on any atom is 0.286 e. The van der Waals surface area contributed by atoms with Gasteiger partial charge in [0.2, 0.25) is 5.91 Å². The first-order chi connectivity index (χ1) is 12.4. The van der Waals surface area contributed by atoms with E-state index in [0.717, 1.165) is 23.9 Å². The minimum Gasteiger partial charge on any atom is -0.461 e. The molecule has 0 radical (unpaired) electrons. The van der Waals surface area contributed by atoms with Crippen LogP contribution in [0.25, 0.3) is 6.08 Å². The average molecular weight is 370 g/mol. The van der Waals surface area contributed by atoms with Crippen molar-refractivity contribution >= 4 is 34.7 Å². The summed E-state index contributed by atoms with van der Waals surface area (Å²) in [6.07, 6.45) is 4.26. The van der Waals surface area contributed by atoms with Crippen molar-refractivity contribution in [2.75, 3.05) is 19.4 Å². The fourth-order valence-electron chi connectivity index (χ4n) is 2.55. The van der Waals surface area contributed by atoms with E-state index in [9.17, 15) is 9.59 Å². The van der Waals surface area contributed by atoms with Crippen LogP contribution in [-0.2, 0) is 4.79 Å². The lowest BCUT2D eigenvalue weighted by atomic mass is 10.3. The van der Waals surface area contributed by atoms with E-state index in [2.05, 4.69) is 12.2 Å². The first-order valence-corrected chi connectivity index (χ1v) is 9.32. The molecule has 1 aromatic heterocycles. The Morgan fingerprint density at radius 3 is 2.65 bits per heavy atom. The third-order valence-electron chi connectivity index (χ3n) is 4.23. The first kappa shape index (κ1) is 18.3. The number of nitrogens with zero attached hydrogens (tertiary/aromatic N) is 1. The lowest BCUT2D eigenvalue weighted by molar-refractivity contribution is -0.111. The normalized spacial score (nSPS) is 18.7. The molecule has 6 heteroatoms. The molecule has 1 heterocycles. The van der Waals surface area contributed by atoms with Crippen molar-refractivity contribution < 1.29 is 14.0 Å². The number of furan rings is 1. The molecule has 2 atom stereocenters. The summed E-state index contributed by atoms with van der Waals surface area (Å²) >= 11 is 1.08. The zero-order chi connectivity index (χ0) is 18.7. The fourth-order valence-corrected chi connectivity index (χ4v) is 3.30. The Balaban J connectivity index is 1.63. The number of carbonyl (C=O) groups excluding carboxylic acids is 2. The van der Waals surface area contributed by atoms with E-state index in [0.29, 0.717) is 28.2 Å². The number of para-hydroxylation sites is 1. The van der Waals surface area contributed by atoms with Gasteiger partial charge < -0.3 is 14.6 Å². The second-order valence-electron chi connectivity index (χ2n) is 6.64.